The quantitative estimate of drug-likeness (QED) is 0.372. The molecule has 0 radical (unpaired) electrons. The zero-order chi connectivity index (χ0) is 26.5. The van der Waals surface area contributed by atoms with Crippen LogP contribution in [0.2, 0.25) is 10.0 Å². The van der Waals surface area contributed by atoms with E-state index in [4.69, 9.17) is 27.9 Å². The minimum Gasteiger partial charge on any atom is -0.497 e. The predicted octanol–water partition coefficient (Wildman–Crippen LogP) is 5.24. The largest absolute Gasteiger partial charge is 0.573 e. The van der Waals surface area contributed by atoms with E-state index in [1.165, 1.54) is 25.3 Å². The van der Waals surface area contributed by atoms with Crippen molar-refractivity contribution in [2.75, 3.05) is 7.11 Å². The Hall–Kier alpha value is -2.99. The normalized spacial score (nSPS) is 12.6. The van der Waals surface area contributed by atoms with Crippen LogP contribution in [0, 0.1) is 0 Å². The van der Waals surface area contributed by atoms with Crippen LogP contribution >= 0.6 is 23.2 Å². The van der Waals surface area contributed by atoms with Crippen LogP contribution < -0.4 is 19.5 Å². The van der Waals surface area contributed by atoms with E-state index in [2.05, 4.69) is 14.8 Å². The van der Waals surface area contributed by atoms with Gasteiger partial charge in [0.15, 0.2) is 0 Å². The van der Waals surface area contributed by atoms with E-state index in [9.17, 15) is 26.4 Å². The summed E-state index contributed by atoms with van der Waals surface area (Å²) >= 11 is 12.0. The third-order valence-electron chi connectivity index (χ3n) is 4.81. The summed E-state index contributed by atoms with van der Waals surface area (Å²) in [5.41, 5.74) is 0.914. The summed E-state index contributed by atoms with van der Waals surface area (Å²) in [6.07, 6.45) is -4.93. The molecule has 0 saturated carbocycles. The van der Waals surface area contributed by atoms with E-state index in [0.717, 1.165) is 29.8 Å². The third-order valence-corrected chi connectivity index (χ3v) is 6.98. The molecular formula is C23H19Cl2F3N2O5S. The molecule has 36 heavy (non-hydrogen) atoms. The molecule has 0 fully saturated rings. The second-order valence-electron chi connectivity index (χ2n) is 7.31. The molecule has 192 valence electrons. The lowest BCUT2D eigenvalue weighted by Gasteiger charge is -2.20. The zero-order valence-electron chi connectivity index (χ0n) is 18.5. The summed E-state index contributed by atoms with van der Waals surface area (Å²) in [6, 6.07) is 13.1. The average molecular weight is 563 g/mol. The van der Waals surface area contributed by atoms with E-state index in [1.807, 2.05) is 0 Å². The molecular weight excluding hydrogens is 544 g/mol. The predicted molar refractivity (Wildman–Crippen MR) is 127 cm³/mol. The van der Waals surface area contributed by atoms with Crippen LogP contribution in [0.3, 0.4) is 0 Å². The van der Waals surface area contributed by atoms with Crippen LogP contribution in [0.25, 0.3) is 0 Å². The molecule has 0 bridgehead atoms. The van der Waals surface area contributed by atoms with Crippen molar-refractivity contribution >= 4 is 39.1 Å². The Bertz CT molecular complexity index is 1320. The van der Waals surface area contributed by atoms with Crippen molar-refractivity contribution in [1.29, 1.82) is 0 Å². The van der Waals surface area contributed by atoms with Crippen molar-refractivity contribution < 1.29 is 35.9 Å². The van der Waals surface area contributed by atoms with Gasteiger partial charge in [0.05, 0.1) is 22.1 Å². The monoisotopic (exact) mass is 562 g/mol. The van der Waals surface area contributed by atoms with Gasteiger partial charge in [-0.15, -0.1) is 13.2 Å². The number of rotatable bonds is 9. The lowest BCUT2D eigenvalue weighted by Crippen LogP contribution is -2.40. The van der Waals surface area contributed by atoms with Gasteiger partial charge in [0, 0.05) is 6.54 Å². The summed E-state index contributed by atoms with van der Waals surface area (Å²) in [7, 11) is -2.85. The number of hydrogen-bond acceptors (Lipinski definition) is 5. The second kappa shape index (κ2) is 11.4. The molecule has 0 saturated heterocycles. The number of hydrogen-bond donors (Lipinski definition) is 2. The van der Waals surface area contributed by atoms with Crippen molar-refractivity contribution in [3.8, 4) is 11.5 Å². The van der Waals surface area contributed by atoms with Gasteiger partial charge in [-0.3, -0.25) is 4.79 Å². The van der Waals surface area contributed by atoms with E-state index >= 15 is 0 Å². The van der Waals surface area contributed by atoms with Crippen LogP contribution in [0.4, 0.5) is 13.2 Å². The number of benzene rings is 3. The Labute approximate surface area is 215 Å². The maximum absolute atomic E-state index is 13.1. The van der Waals surface area contributed by atoms with Gasteiger partial charge in [-0.1, -0.05) is 41.4 Å². The van der Waals surface area contributed by atoms with E-state index in [1.54, 1.807) is 24.3 Å². The summed E-state index contributed by atoms with van der Waals surface area (Å²) in [6.45, 7) is 0.0753. The Morgan fingerprint density at radius 2 is 1.56 bits per heavy atom. The van der Waals surface area contributed by atoms with Crippen molar-refractivity contribution in [1.82, 2.24) is 10.0 Å². The van der Waals surface area contributed by atoms with Gasteiger partial charge in [-0.25, -0.2) is 8.42 Å². The van der Waals surface area contributed by atoms with Crippen molar-refractivity contribution in [2.45, 2.75) is 23.8 Å². The Kier molecular flexibility index (Phi) is 8.72. The second-order valence-corrected chi connectivity index (χ2v) is 9.84. The average Bonchev–Trinajstić information content (AvgIpc) is 2.82. The molecule has 1 amide bonds. The number of nitrogens with one attached hydrogen (secondary N) is 2. The first-order valence-electron chi connectivity index (χ1n) is 10.1. The maximum Gasteiger partial charge on any atom is 0.573 e. The maximum atomic E-state index is 13.1. The molecule has 3 rings (SSSR count). The van der Waals surface area contributed by atoms with Crippen LogP contribution in [0.5, 0.6) is 11.5 Å². The van der Waals surface area contributed by atoms with E-state index < -0.39 is 34.1 Å². The van der Waals surface area contributed by atoms with Gasteiger partial charge in [-0.05, 0) is 59.7 Å². The summed E-state index contributed by atoms with van der Waals surface area (Å²) < 4.78 is 74.3. The van der Waals surface area contributed by atoms with Crippen molar-refractivity contribution in [3.63, 3.8) is 0 Å². The molecule has 0 heterocycles. The Morgan fingerprint density at radius 1 is 0.944 bits per heavy atom. The fourth-order valence-corrected chi connectivity index (χ4v) is 4.53. The van der Waals surface area contributed by atoms with Crippen molar-refractivity contribution in [2.24, 2.45) is 0 Å². The fraction of sp³-hybridized carbons (Fsp3) is 0.174. The van der Waals surface area contributed by atoms with Gasteiger partial charge in [-0.2, -0.15) is 4.72 Å². The highest BCUT2D eigenvalue weighted by molar-refractivity contribution is 7.89. The minimum absolute atomic E-state index is 0.0753. The lowest BCUT2D eigenvalue weighted by molar-refractivity contribution is -0.274. The highest BCUT2D eigenvalue weighted by Crippen LogP contribution is 2.28. The number of amides is 1. The van der Waals surface area contributed by atoms with Crippen LogP contribution in [-0.2, 0) is 21.4 Å². The molecule has 7 nitrogen and oxygen atoms in total. The summed E-state index contributed by atoms with van der Waals surface area (Å²) in [5.74, 6) is -0.678. The molecule has 0 aromatic heterocycles. The highest BCUT2D eigenvalue weighted by Gasteiger charge is 2.32. The van der Waals surface area contributed by atoms with E-state index in [0.29, 0.717) is 5.75 Å². The fourth-order valence-electron chi connectivity index (χ4n) is 3.04. The van der Waals surface area contributed by atoms with Gasteiger partial charge >= 0.3 is 6.36 Å². The van der Waals surface area contributed by atoms with Crippen LogP contribution in [-0.4, -0.2) is 27.8 Å². The van der Waals surface area contributed by atoms with Gasteiger partial charge in [0.25, 0.3) is 0 Å². The number of carbonyl (C=O) groups excluding carboxylic acids is 1. The number of sulfonamides is 1. The molecule has 3 aromatic rings. The standard InChI is InChI=1S/C23H19Cl2F3N2O5S/c1-34-16-5-2-14(3-6-16)13-29-22(31)21(15-4-11-19(24)20(25)12-15)30-36(32,33)18-9-7-17(8-10-18)35-23(26,27)28/h2-12,21,30H,13H2,1H3,(H,29,31). The molecule has 1 atom stereocenters. The molecule has 0 aliphatic heterocycles. The van der Waals surface area contributed by atoms with Gasteiger partial charge < -0.3 is 14.8 Å². The summed E-state index contributed by atoms with van der Waals surface area (Å²) in [5, 5.41) is 2.94. The SMILES string of the molecule is COc1ccc(CNC(=O)C(NS(=O)(=O)c2ccc(OC(F)(F)F)cc2)c2ccc(Cl)c(Cl)c2)cc1. The number of ether oxygens (including phenoxy) is 2. The first-order valence-corrected chi connectivity index (χ1v) is 12.4. The number of alkyl halides is 3. The van der Waals surface area contributed by atoms with Crippen molar-refractivity contribution in [3.05, 3.63) is 87.9 Å². The lowest BCUT2D eigenvalue weighted by atomic mass is 10.1. The van der Waals surface area contributed by atoms with Gasteiger partial charge in [0.2, 0.25) is 15.9 Å². The number of methoxy groups -OCH3 is 1. The first kappa shape index (κ1) is 27.6. The molecule has 0 aliphatic rings. The first-order chi connectivity index (χ1) is 16.9. The zero-order valence-corrected chi connectivity index (χ0v) is 20.8. The van der Waals surface area contributed by atoms with Crippen LogP contribution in [0.15, 0.2) is 71.6 Å². The molecule has 13 heteroatoms. The minimum atomic E-state index is -4.93. The topological polar surface area (TPSA) is 93.7 Å². The van der Waals surface area contributed by atoms with E-state index in [-0.39, 0.29) is 27.0 Å². The number of halogens is 5. The van der Waals surface area contributed by atoms with Crippen LogP contribution in [0.1, 0.15) is 17.2 Å². The highest BCUT2D eigenvalue weighted by atomic mass is 35.5. The molecule has 0 spiro atoms. The molecule has 2 N–H and O–H groups in total. The Balaban J connectivity index is 1.84. The summed E-state index contributed by atoms with van der Waals surface area (Å²) in [4.78, 5) is 12.7. The molecule has 0 aliphatic carbocycles. The molecule has 1 unspecified atom stereocenters. The van der Waals surface area contributed by atoms with Gasteiger partial charge in [0.1, 0.15) is 17.5 Å². The smallest absolute Gasteiger partial charge is 0.497 e. The molecule has 3 aromatic carbocycles. The third kappa shape index (κ3) is 7.50. The Morgan fingerprint density at radius 3 is 2.11 bits per heavy atom. The number of carbonyl (C=O) groups is 1.